The number of rotatable bonds is 1. The smallest absolute Gasteiger partial charge is 0.263 e. The van der Waals surface area contributed by atoms with Crippen molar-refractivity contribution in [2.75, 3.05) is 12.8 Å². The number of ether oxygens (including phenoxy) is 1. The number of nitrogen functional groups attached to an aromatic ring is 1. The lowest BCUT2D eigenvalue weighted by Crippen LogP contribution is -2.45. The Kier molecular flexibility index (Phi) is 2.91. The largest absolute Gasteiger partial charge is 0.500 e. The van der Waals surface area contributed by atoms with E-state index < -0.39 is 0 Å². The first-order chi connectivity index (χ1) is 6.60. The second-order valence-corrected chi connectivity index (χ2v) is 2.76. The van der Waals surface area contributed by atoms with Crippen molar-refractivity contribution in [1.82, 2.24) is 9.97 Å². The first-order valence-corrected chi connectivity index (χ1v) is 4.17. The van der Waals surface area contributed by atoms with Crippen LogP contribution in [0.4, 0.5) is 5.95 Å². The summed E-state index contributed by atoms with van der Waals surface area (Å²) < 4.78 is 5.00. The van der Waals surface area contributed by atoms with E-state index in [-0.39, 0.29) is 11.5 Å². The van der Waals surface area contributed by atoms with Crippen LogP contribution < -0.4 is 21.9 Å². The van der Waals surface area contributed by atoms with Gasteiger partial charge in [0.2, 0.25) is 5.95 Å². The van der Waals surface area contributed by atoms with Gasteiger partial charge in [0.1, 0.15) is 11.0 Å². The summed E-state index contributed by atoms with van der Waals surface area (Å²) in [5.74, 6) is 0.627. The first kappa shape index (κ1) is 10.3. The van der Waals surface area contributed by atoms with E-state index in [0.717, 1.165) is 0 Å². The van der Waals surface area contributed by atoms with E-state index in [0.29, 0.717) is 16.3 Å². The van der Waals surface area contributed by atoms with Gasteiger partial charge in [-0.2, -0.15) is 0 Å². The Morgan fingerprint density at radius 3 is 2.79 bits per heavy atom. The number of nitrogens with zero attached hydrogens (tertiary/aromatic N) is 1. The van der Waals surface area contributed by atoms with Crippen molar-refractivity contribution in [2.45, 2.75) is 13.8 Å². The van der Waals surface area contributed by atoms with Gasteiger partial charge < -0.3 is 10.5 Å². The molecule has 0 aliphatic rings. The molecule has 76 valence electrons. The number of aromatic amines is 1. The topological polar surface area (TPSA) is 81.0 Å². The SMILES string of the molecule is CC=c1nc(N)[nH]c(=O)/c1=C(/C)OC. The first-order valence-electron chi connectivity index (χ1n) is 4.17. The molecule has 5 heteroatoms. The van der Waals surface area contributed by atoms with Crippen molar-refractivity contribution < 1.29 is 4.74 Å². The molecule has 1 aromatic rings. The van der Waals surface area contributed by atoms with Gasteiger partial charge >= 0.3 is 0 Å². The van der Waals surface area contributed by atoms with Crippen LogP contribution in [-0.2, 0) is 4.74 Å². The van der Waals surface area contributed by atoms with Crippen LogP contribution in [0.5, 0.6) is 0 Å². The number of hydrogen-bond donors (Lipinski definition) is 2. The van der Waals surface area contributed by atoms with Crippen molar-refractivity contribution >= 4 is 17.8 Å². The summed E-state index contributed by atoms with van der Waals surface area (Å²) >= 11 is 0. The summed E-state index contributed by atoms with van der Waals surface area (Å²) in [4.78, 5) is 17.9. The second kappa shape index (κ2) is 3.95. The molecule has 0 saturated heterocycles. The number of aromatic nitrogens is 2. The summed E-state index contributed by atoms with van der Waals surface area (Å²) in [6.07, 6.45) is 1.71. The molecule has 0 aliphatic carbocycles. The molecule has 0 aromatic carbocycles. The molecule has 0 unspecified atom stereocenters. The minimum absolute atomic E-state index is 0.107. The van der Waals surface area contributed by atoms with Gasteiger partial charge in [0.15, 0.2) is 0 Å². The summed E-state index contributed by atoms with van der Waals surface area (Å²) in [7, 11) is 1.50. The third-order valence-corrected chi connectivity index (χ3v) is 1.90. The third kappa shape index (κ3) is 1.76. The van der Waals surface area contributed by atoms with E-state index in [1.165, 1.54) is 7.11 Å². The highest BCUT2D eigenvalue weighted by molar-refractivity contribution is 5.35. The molecular formula is C9H13N3O2. The molecule has 1 aromatic heterocycles. The van der Waals surface area contributed by atoms with Gasteiger partial charge in [-0.05, 0) is 13.8 Å². The molecule has 0 amide bonds. The van der Waals surface area contributed by atoms with Gasteiger partial charge in [0.25, 0.3) is 5.56 Å². The number of hydrogen-bond acceptors (Lipinski definition) is 4. The number of nitrogens with two attached hydrogens (primary N) is 1. The van der Waals surface area contributed by atoms with Crippen LogP contribution in [0.2, 0.25) is 0 Å². The highest BCUT2D eigenvalue weighted by Crippen LogP contribution is 1.85. The van der Waals surface area contributed by atoms with Crippen LogP contribution >= 0.6 is 0 Å². The Labute approximate surface area is 80.9 Å². The Morgan fingerprint density at radius 1 is 1.64 bits per heavy atom. The number of H-pyrrole nitrogens is 1. The summed E-state index contributed by atoms with van der Waals surface area (Å²) in [5.41, 5.74) is 5.12. The maximum absolute atomic E-state index is 11.5. The van der Waals surface area contributed by atoms with E-state index in [1.807, 2.05) is 0 Å². The van der Waals surface area contributed by atoms with Crippen LogP contribution in [0.1, 0.15) is 13.8 Å². The Bertz CT molecular complexity index is 502. The fraction of sp³-hybridized carbons (Fsp3) is 0.333. The van der Waals surface area contributed by atoms with Gasteiger partial charge in [-0.25, -0.2) is 4.98 Å². The Balaban J connectivity index is 3.86. The highest BCUT2D eigenvalue weighted by atomic mass is 16.5. The normalized spacial score (nSPS) is 14.1. The molecule has 5 nitrogen and oxygen atoms in total. The Morgan fingerprint density at radius 2 is 2.29 bits per heavy atom. The predicted molar refractivity (Wildman–Crippen MR) is 54.8 cm³/mol. The molecule has 0 radical (unpaired) electrons. The number of methoxy groups -OCH3 is 1. The average Bonchev–Trinajstić information content (AvgIpc) is 2.15. The van der Waals surface area contributed by atoms with Crippen LogP contribution in [0, 0.1) is 0 Å². The lowest BCUT2D eigenvalue weighted by Gasteiger charge is -1.99. The minimum Gasteiger partial charge on any atom is -0.500 e. The zero-order valence-corrected chi connectivity index (χ0v) is 8.42. The average molecular weight is 195 g/mol. The molecule has 0 bridgehead atoms. The van der Waals surface area contributed by atoms with Gasteiger partial charge in [-0.3, -0.25) is 9.78 Å². The Hall–Kier alpha value is -1.78. The molecular weight excluding hydrogens is 182 g/mol. The molecule has 0 spiro atoms. The molecule has 0 saturated carbocycles. The quantitative estimate of drug-likeness (QED) is 0.597. The van der Waals surface area contributed by atoms with Gasteiger partial charge in [-0.15, -0.1) is 0 Å². The van der Waals surface area contributed by atoms with Crippen molar-refractivity contribution in [3.05, 3.63) is 20.9 Å². The van der Waals surface area contributed by atoms with Gasteiger partial charge in [-0.1, -0.05) is 6.08 Å². The molecule has 0 fully saturated rings. The van der Waals surface area contributed by atoms with Crippen molar-refractivity contribution in [3.63, 3.8) is 0 Å². The molecule has 3 N–H and O–H groups in total. The lowest BCUT2D eigenvalue weighted by atomic mass is 10.3. The van der Waals surface area contributed by atoms with E-state index in [4.69, 9.17) is 10.5 Å². The van der Waals surface area contributed by atoms with Crippen molar-refractivity contribution in [3.8, 4) is 0 Å². The van der Waals surface area contributed by atoms with E-state index in [9.17, 15) is 4.79 Å². The van der Waals surface area contributed by atoms with Crippen LogP contribution in [-0.4, -0.2) is 17.1 Å². The molecule has 0 aliphatic heterocycles. The van der Waals surface area contributed by atoms with E-state index in [1.54, 1.807) is 19.9 Å². The predicted octanol–water partition coefficient (Wildman–Crippen LogP) is -1.07. The highest BCUT2D eigenvalue weighted by Gasteiger charge is 2.00. The zero-order valence-electron chi connectivity index (χ0n) is 8.42. The fourth-order valence-corrected chi connectivity index (χ4v) is 1.16. The second-order valence-electron chi connectivity index (χ2n) is 2.76. The van der Waals surface area contributed by atoms with Crippen molar-refractivity contribution in [2.24, 2.45) is 0 Å². The maximum Gasteiger partial charge on any atom is 0.263 e. The molecule has 0 atom stereocenters. The van der Waals surface area contributed by atoms with Crippen molar-refractivity contribution in [1.29, 1.82) is 0 Å². The summed E-state index contributed by atoms with van der Waals surface area (Å²) in [5, 5.41) is 0.954. The van der Waals surface area contributed by atoms with Crippen LogP contribution in [0.15, 0.2) is 4.79 Å². The third-order valence-electron chi connectivity index (χ3n) is 1.90. The monoisotopic (exact) mass is 195 g/mol. The maximum atomic E-state index is 11.5. The lowest BCUT2D eigenvalue weighted by molar-refractivity contribution is 0.360. The van der Waals surface area contributed by atoms with Crippen LogP contribution in [0.25, 0.3) is 11.8 Å². The standard InChI is InChI=1S/C9H13N3O2/c1-4-6-7(5(2)14-3)8(13)12-9(10)11-6/h4H,1-3H3,(H3,10,11,12,13)/b6-4?,7-5-. The molecule has 1 rings (SSSR count). The van der Waals surface area contributed by atoms with Gasteiger partial charge in [0, 0.05) is 0 Å². The van der Waals surface area contributed by atoms with E-state index in [2.05, 4.69) is 9.97 Å². The van der Waals surface area contributed by atoms with Gasteiger partial charge in [0.05, 0.1) is 12.5 Å². The number of anilines is 1. The molecule has 14 heavy (non-hydrogen) atoms. The fourth-order valence-electron chi connectivity index (χ4n) is 1.16. The zero-order chi connectivity index (χ0) is 10.7. The summed E-state index contributed by atoms with van der Waals surface area (Å²) in [6.45, 7) is 3.49. The summed E-state index contributed by atoms with van der Waals surface area (Å²) in [6, 6.07) is 0. The van der Waals surface area contributed by atoms with Crippen LogP contribution in [0.3, 0.4) is 0 Å². The minimum atomic E-state index is -0.287. The van der Waals surface area contributed by atoms with E-state index >= 15 is 0 Å². The molecule has 1 heterocycles. The number of nitrogens with one attached hydrogen (secondary N) is 1.